The molecule has 1 aromatic carbocycles. The summed E-state index contributed by atoms with van der Waals surface area (Å²) in [6.07, 6.45) is 4.13. The van der Waals surface area contributed by atoms with Gasteiger partial charge in [0.15, 0.2) is 0 Å². The van der Waals surface area contributed by atoms with Crippen molar-refractivity contribution in [3.05, 3.63) is 35.9 Å². The number of hydrogen-bond donors (Lipinski definition) is 0. The van der Waals surface area contributed by atoms with E-state index in [2.05, 4.69) is 6.92 Å². The van der Waals surface area contributed by atoms with Crippen LogP contribution in [0, 0.1) is 0 Å². The largest absolute Gasteiger partial charge is 0.363 e. The first-order valence-corrected chi connectivity index (χ1v) is 6.70. The standard InChI is InChI=1S/C15H21NO3/c1-3-4-5-9-12-16(13(2)17)19-15(18)14-10-7-6-8-11-14/h6-8,10-11H,3-5,9,12H2,1-2H3. The minimum absolute atomic E-state index is 0.249. The molecule has 0 aliphatic rings. The van der Waals surface area contributed by atoms with Gasteiger partial charge in [0.25, 0.3) is 5.91 Å². The zero-order valence-electron chi connectivity index (χ0n) is 11.6. The number of unbranched alkanes of at least 4 members (excludes halogenated alkanes) is 3. The van der Waals surface area contributed by atoms with Gasteiger partial charge in [-0.2, -0.15) is 5.06 Å². The normalized spacial score (nSPS) is 10.0. The summed E-state index contributed by atoms with van der Waals surface area (Å²) in [4.78, 5) is 28.4. The van der Waals surface area contributed by atoms with E-state index in [0.717, 1.165) is 30.7 Å². The Labute approximate surface area is 114 Å². The van der Waals surface area contributed by atoms with Crippen LogP contribution in [0.25, 0.3) is 0 Å². The zero-order chi connectivity index (χ0) is 14.1. The SMILES string of the molecule is CCCCCCN(OC(=O)c1ccccc1)C(C)=O. The third-order valence-electron chi connectivity index (χ3n) is 2.77. The zero-order valence-corrected chi connectivity index (χ0v) is 11.6. The Balaban J connectivity index is 2.49. The second-order valence-corrected chi connectivity index (χ2v) is 4.43. The summed E-state index contributed by atoms with van der Waals surface area (Å²) in [5, 5.41) is 1.14. The van der Waals surface area contributed by atoms with E-state index in [-0.39, 0.29) is 5.91 Å². The Kier molecular flexibility index (Phi) is 6.64. The molecular weight excluding hydrogens is 242 g/mol. The lowest BCUT2D eigenvalue weighted by atomic mass is 10.2. The lowest BCUT2D eigenvalue weighted by molar-refractivity contribution is -0.165. The molecule has 0 aliphatic heterocycles. The maximum atomic E-state index is 11.8. The summed E-state index contributed by atoms with van der Waals surface area (Å²) in [6.45, 7) is 3.98. The lowest BCUT2D eigenvalue weighted by Gasteiger charge is -2.19. The summed E-state index contributed by atoms with van der Waals surface area (Å²) in [5.74, 6) is -0.743. The molecule has 0 fully saturated rings. The van der Waals surface area contributed by atoms with Gasteiger partial charge in [0.05, 0.1) is 12.1 Å². The Hall–Kier alpha value is -1.84. The fourth-order valence-electron chi connectivity index (χ4n) is 1.68. The van der Waals surface area contributed by atoms with Crippen molar-refractivity contribution >= 4 is 11.9 Å². The Morgan fingerprint density at radius 1 is 1.11 bits per heavy atom. The maximum absolute atomic E-state index is 11.8. The molecule has 0 saturated heterocycles. The van der Waals surface area contributed by atoms with Crippen LogP contribution in [0.15, 0.2) is 30.3 Å². The highest BCUT2D eigenvalue weighted by Gasteiger charge is 2.15. The van der Waals surface area contributed by atoms with Gasteiger partial charge in [-0.25, -0.2) is 4.79 Å². The van der Waals surface area contributed by atoms with Crippen molar-refractivity contribution < 1.29 is 14.4 Å². The van der Waals surface area contributed by atoms with Crippen molar-refractivity contribution in [1.29, 1.82) is 0 Å². The van der Waals surface area contributed by atoms with E-state index in [1.54, 1.807) is 24.3 Å². The van der Waals surface area contributed by atoms with E-state index in [1.165, 1.54) is 6.92 Å². The van der Waals surface area contributed by atoms with Gasteiger partial charge in [-0.1, -0.05) is 44.4 Å². The minimum atomic E-state index is -0.494. The third kappa shape index (κ3) is 5.55. The molecular formula is C15H21NO3. The topological polar surface area (TPSA) is 46.6 Å². The predicted octanol–water partition coefficient (Wildman–Crippen LogP) is 3.19. The van der Waals surface area contributed by atoms with Gasteiger partial charge < -0.3 is 4.84 Å². The molecule has 104 valence electrons. The van der Waals surface area contributed by atoms with Gasteiger partial charge in [-0.15, -0.1) is 0 Å². The van der Waals surface area contributed by atoms with Crippen molar-refractivity contribution in [3.63, 3.8) is 0 Å². The van der Waals surface area contributed by atoms with Gasteiger partial charge in [-0.05, 0) is 18.6 Å². The number of benzene rings is 1. The molecule has 19 heavy (non-hydrogen) atoms. The number of carbonyl (C=O) groups is 2. The second-order valence-electron chi connectivity index (χ2n) is 4.43. The molecule has 4 heteroatoms. The molecule has 1 amide bonds. The van der Waals surface area contributed by atoms with Crippen molar-refractivity contribution in [1.82, 2.24) is 5.06 Å². The average molecular weight is 263 g/mol. The number of carbonyl (C=O) groups excluding carboxylic acids is 2. The molecule has 0 aromatic heterocycles. The van der Waals surface area contributed by atoms with Crippen molar-refractivity contribution in [3.8, 4) is 0 Å². The van der Waals surface area contributed by atoms with Gasteiger partial charge in [0.2, 0.25) is 0 Å². The molecule has 0 spiro atoms. The number of nitrogens with zero attached hydrogens (tertiary/aromatic N) is 1. The molecule has 1 aromatic rings. The molecule has 0 N–H and O–H groups in total. The quantitative estimate of drug-likeness (QED) is 0.585. The van der Waals surface area contributed by atoms with E-state index < -0.39 is 5.97 Å². The maximum Gasteiger partial charge on any atom is 0.363 e. The van der Waals surface area contributed by atoms with Gasteiger partial charge >= 0.3 is 5.97 Å². The highest BCUT2D eigenvalue weighted by atomic mass is 16.7. The number of hydroxylamine groups is 2. The number of amides is 1. The highest BCUT2D eigenvalue weighted by molar-refractivity contribution is 5.90. The van der Waals surface area contributed by atoms with Gasteiger partial charge in [-0.3, -0.25) is 4.79 Å². The lowest BCUT2D eigenvalue weighted by Crippen LogP contribution is -2.32. The van der Waals surface area contributed by atoms with Crippen LogP contribution in [-0.4, -0.2) is 23.5 Å². The van der Waals surface area contributed by atoms with Crippen LogP contribution in [0.5, 0.6) is 0 Å². The van der Waals surface area contributed by atoms with Gasteiger partial charge in [0, 0.05) is 6.92 Å². The van der Waals surface area contributed by atoms with Crippen molar-refractivity contribution in [2.45, 2.75) is 39.5 Å². The highest BCUT2D eigenvalue weighted by Crippen LogP contribution is 2.06. The smallest absolute Gasteiger partial charge is 0.333 e. The van der Waals surface area contributed by atoms with Crippen LogP contribution in [-0.2, 0) is 9.63 Å². The monoisotopic (exact) mass is 263 g/mol. The molecule has 0 radical (unpaired) electrons. The van der Waals surface area contributed by atoms with Crippen LogP contribution in [0.3, 0.4) is 0 Å². The first-order valence-electron chi connectivity index (χ1n) is 6.70. The van der Waals surface area contributed by atoms with Gasteiger partial charge in [0.1, 0.15) is 0 Å². The van der Waals surface area contributed by atoms with E-state index in [9.17, 15) is 9.59 Å². The van der Waals surface area contributed by atoms with E-state index >= 15 is 0 Å². The Morgan fingerprint density at radius 2 is 1.79 bits per heavy atom. The third-order valence-corrected chi connectivity index (χ3v) is 2.77. The molecule has 0 heterocycles. The van der Waals surface area contributed by atoms with Crippen LogP contribution < -0.4 is 0 Å². The average Bonchev–Trinajstić information content (AvgIpc) is 2.42. The molecule has 0 saturated carbocycles. The second kappa shape index (κ2) is 8.29. The number of hydrogen-bond acceptors (Lipinski definition) is 3. The first-order chi connectivity index (χ1) is 9.15. The summed E-state index contributed by atoms with van der Waals surface area (Å²) < 4.78 is 0. The molecule has 0 unspecified atom stereocenters. The Morgan fingerprint density at radius 3 is 2.37 bits per heavy atom. The first kappa shape index (κ1) is 15.2. The molecule has 0 atom stereocenters. The fourth-order valence-corrected chi connectivity index (χ4v) is 1.68. The van der Waals surface area contributed by atoms with Crippen LogP contribution in [0.4, 0.5) is 0 Å². The Bertz CT molecular complexity index is 403. The summed E-state index contributed by atoms with van der Waals surface area (Å²) in [5.41, 5.74) is 0.447. The van der Waals surface area contributed by atoms with E-state index in [4.69, 9.17) is 4.84 Å². The number of rotatable bonds is 6. The van der Waals surface area contributed by atoms with Crippen LogP contribution >= 0.6 is 0 Å². The van der Waals surface area contributed by atoms with Crippen molar-refractivity contribution in [2.75, 3.05) is 6.54 Å². The molecule has 0 aliphatic carbocycles. The molecule has 4 nitrogen and oxygen atoms in total. The predicted molar refractivity (Wildman–Crippen MR) is 73.4 cm³/mol. The minimum Gasteiger partial charge on any atom is -0.333 e. The summed E-state index contributed by atoms with van der Waals surface area (Å²) in [7, 11) is 0. The van der Waals surface area contributed by atoms with Crippen molar-refractivity contribution in [2.24, 2.45) is 0 Å². The van der Waals surface area contributed by atoms with E-state index in [0.29, 0.717) is 12.1 Å². The molecule has 1 rings (SSSR count). The summed E-state index contributed by atoms with van der Waals surface area (Å²) in [6, 6.07) is 8.67. The van der Waals surface area contributed by atoms with Crippen LogP contribution in [0.2, 0.25) is 0 Å². The van der Waals surface area contributed by atoms with Crippen LogP contribution in [0.1, 0.15) is 49.9 Å². The molecule has 0 bridgehead atoms. The summed E-state index contributed by atoms with van der Waals surface area (Å²) >= 11 is 0. The van der Waals surface area contributed by atoms with E-state index in [1.807, 2.05) is 6.07 Å². The fraction of sp³-hybridized carbons (Fsp3) is 0.467.